The molecule has 26 heavy (non-hydrogen) atoms. The monoisotopic (exact) mass is 365 g/mol. The standard InChI is InChI=1S/C17H23N3O6/c1-11-8-12(6-7-13(11)20(24)25)16(23)26-10-15(22)19(5)9-14(21)18-17(2,3)4/h6-8H,9-10H2,1-5H3,(H,18,21). The molecule has 0 saturated carbocycles. The number of nitro benzene ring substituents is 1. The summed E-state index contributed by atoms with van der Waals surface area (Å²) in [6.45, 7) is 6.27. The third-order valence-electron chi connectivity index (χ3n) is 3.28. The zero-order valence-electron chi connectivity index (χ0n) is 15.5. The van der Waals surface area contributed by atoms with E-state index in [0.717, 1.165) is 4.90 Å². The van der Waals surface area contributed by atoms with Crippen LogP contribution in [0.15, 0.2) is 18.2 Å². The molecule has 0 aliphatic heterocycles. The van der Waals surface area contributed by atoms with Crippen molar-refractivity contribution < 1.29 is 24.0 Å². The van der Waals surface area contributed by atoms with Gasteiger partial charge in [-0.05, 0) is 39.8 Å². The Morgan fingerprint density at radius 2 is 1.88 bits per heavy atom. The Balaban J connectivity index is 2.58. The van der Waals surface area contributed by atoms with E-state index in [1.807, 2.05) is 20.8 Å². The summed E-state index contributed by atoms with van der Waals surface area (Å²) >= 11 is 0. The molecule has 0 radical (unpaired) electrons. The van der Waals surface area contributed by atoms with Gasteiger partial charge in [0.2, 0.25) is 5.91 Å². The van der Waals surface area contributed by atoms with E-state index >= 15 is 0 Å². The van der Waals surface area contributed by atoms with Gasteiger partial charge in [0, 0.05) is 24.2 Å². The van der Waals surface area contributed by atoms with E-state index in [9.17, 15) is 24.5 Å². The van der Waals surface area contributed by atoms with Crippen molar-refractivity contribution in [1.29, 1.82) is 0 Å². The number of ether oxygens (including phenoxy) is 1. The molecule has 0 atom stereocenters. The largest absolute Gasteiger partial charge is 0.452 e. The molecular weight excluding hydrogens is 342 g/mol. The number of nitrogens with one attached hydrogen (secondary N) is 1. The van der Waals surface area contributed by atoms with Crippen LogP contribution in [0.1, 0.15) is 36.7 Å². The van der Waals surface area contributed by atoms with Crippen molar-refractivity contribution in [3.63, 3.8) is 0 Å². The topological polar surface area (TPSA) is 119 Å². The summed E-state index contributed by atoms with van der Waals surface area (Å²) in [5.41, 5.74) is -0.107. The number of carbonyl (C=O) groups excluding carboxylic acids is 3. The molecule has 1 aromatic rings. The lowest BCUT2D eigenvalue weighted by Crippen LogP contribution is -2.46. The van der Waals surface area contributed by atoms with E-state index in [1.54, 1.807) is 0 Å². The van der Waals surface area contributed by atoms with Crippen LogP contribution in [-0.2, 0) is 14.3 Å². The highest BCUT2D eigenvalue weighted by Crippen LogP contribution is 2.19. The summed E-state index contributed by atoms with van der Waals surface area (Å²) < 4.78 is 4.92. The first-order valence-electron chi connectivity index (χ1n) is 7.88. The lowest BCUT2D eigenvalue weighted by molar-refractivity contribution is -0.385. The lowest BCUT2D eigenvalue weighted by Gasteiger charge is -2.23. The third-order valence-corrected chi connectivity index (χ3v) is 3.28. The van der Waals surface area contributed by atoms with Crippen molar-refractivity contribution in [3.05, 3.63) is 39.4 Å². The highest BCUT2D eigenvalue weighted by molar-refractivity contribution is 5.92. The molecule has 0 heterocycles. The molecule has 1 rings (SSSR count). The number of rotatable bonds is 6. The summed E-state index contributed by atoms with van der Waals surface area (Å²) in [6.07, 6.45) is 0. The molecular formula is C17H23N3O6. The number of likely N-dealkylation sites (N-methyl/N-ethyl adjacent to an activating group) is 1. The summed E-state index contributed by atoms with van der Waals surface area (Å²) in [5, 5.41) is 13.5. The highest BCUT2D eigenvalue weighted by atomic mass is 16.6. The van der Waals surface area contributed by atoms with E-state index < -0.39 is 28.9 Å². The minimum absolute atomic E-state index is 0.106. The minimum Gasteiger partial charge on any atom is -0.452 e. The molecule has 0 aliphatic carbocycles. The minimum atomic E-state index is -0.774. The summed E-state index contributed by atoms with van der Waals surface area (Å²) in [6, 6.07) is 3.79. The molecule has 2 amide bonds. The second-order valence-corrected chi connectivity index (χ2v) is 6.88. The van der Waals surface area contributed by atoms with Gasteiger partial charge in [0.1, 0.15) is 0 Å². The van der Waals surface area contributed by atoms with E-state index in [4.69, 9.17) is 4.74 Å². The van der Waals surface area contributed by atoms with Crippen molar-refractivity contribution >= 4 is 23.5 Å². The first-order valence-corrected chi connectivity index (χ1v) is 7.88. The second-order valence-electron chi connectivity index (χ2n) is 6.88. The second kappa shape index (κ2) is 8.41. The van der Waals surface area contributed by atoms with Crippen LogP contribution >= 0.6 is 0 Å². The third kappa shape index (κ3) is 6.50. The molecule has 0 aromatic heterocycles. The fourth-order valence-corrected chi connectivity index (χ4v) is 2.07. The van der Waals surface area contributed by atoms with Crippen molar-refractivity contribution in [2.75, 3.05) is 20.2 Å². The van der Waals surface area contributed by atoms with E-state index in [1.165, 1.54) is 32.2 Å². The smallest absolute Gasteiger partial charge is 0.338 e. The number of nitro groups is 1. The van der Waals surface area contributed by atoms with Crippen LogP contribution in [0.25, 0.3) is 0 Å². The van der Waals surface area contributed by atoms with Gasteiger partial charge < -0.3 is 15.0 Å². The van der Waals surface area contributed by atoms with Gasteiger partial charge in [0.25, 0.3) is 11.6 Å². The molecule has 0 unspecified atom stereocenters. The van der Waals surface area contributed by atoms with Crippen molar-refractivity contribution in [1.82, 2.24) is 10.2 Å². The number of benzene rings is 1. The summed E-state index contributed by atoms with van der Waals surface area (Å²) in [7, 11) is 1.43. The first kappa shape index (κ1) is 21.1. The molecule has 1 N–H and O–H groups in total. The number of carbonyl (C=O) groups is 3. The van der Waals surface area contributed by atoms with Crippen LogP contribution < -0.4 is 5.32 Å². The van der Waals surface area contributed by atoms with E-state index in [0.29, 0.717) is 5.56 Å². The maximum atomic E-state index is 12.0. The number of esters is 1. The molecule has 0 bridgehead atoms. The Morgan fingerprint density at radius 1 is 1.27 bits per heavy atom. The maximum Gasteiger partial charge on any atom is 0.338 e. The zero-order chi connectivity index (χ0) is 20.1. The Kier molecular flexibility index (Phi) is 6.82. The number of hydrogen-bond donors (Lipinski definition) is 1. The Labute approximate surface area is 151 Å². The number of amides is 2. The molecule has 0 aliphatic rings. The fourth-order valence-electron chi connectivity index (χ4n) is 2.07. The van der Waals surface area contributed by atoms with Crippen LogP contribution in [0.4, 0.5) is 5.69 Å². The van der Waals surface area contributed by atoms with Gasteiger partial charge in [-0.1, -0.05) is 0 Å². The summed E-state index contributed by atoms with van der Waals surface area (Å²) in [4.78, 5) is 47.1. The van der Waals surface area contributed by atoms with Crippen molar-refractivity contribution in [2.45, 2.75) is 33.2 Å². The predicted octanol–water partition coefficient (Wildman–Crippen LogP) is 1.43. The van der Waals surface area contributed by atoms with Crippen LogP contribution in [0.5, 0.6) is 0 Å². The van der Waals surface area contributed by atoms with Gasteiger partial charge in [-0.2, -0.15) is 0 Å². The van der Waals surface area contributed by atoms with Gasteiger partial charge >= 0.3 is 5.97 Å². The Bertz CT molecular complexity index is 724. The van der Waals surface area contributed by atoms with Gasteiger partial charge in [0.15, 0.2) is 6.61 Å². The van der Waals surface area contributed by atoms with Gasteiger partial charge in [-0.25, -0.2) is 4.79 Å². The van der Waals surface area contributed by atoms with Crippen molar-refractivity contribution in [3.8, 4) is 0 Å². The van der Waals surface area contributed by atoms with E-state index in [2.05, 4.69) is 5.32 Å². The van der Waals surface area contributed by atoms with Gasteiger partial charge in [-0.15, -0.1) is 0 Å². The summed E-state index contributed by atoms with van der Waals surface area (Å²) in [5.74, 6) is -1.64. The number of aryl methyl sites for hydroxylation is 1. The maximum absolute atomic E-state index is 12.0. The Morgan fingerprint density at radius 3 is 2.38 bits per heavy atom. The molecule has 0 fully saturated rings. The van der Waals surface area contributed by atoms with Crippen LogP contribution in [0, 0.1) is 17.0 Å². The quantitative estimate of drug-likeness (QED) is 0.463. The molecule has 9 heteroatoms. The average Bonchev–Trinajstić information content (AvgIpc) is 2.49. The lowest BCUT2D eigenvalue weighted by atomic mass is 10.1. The van der Waals surface area contributed by atoms with E-state index in [-0.39, 0.29) is 23.7 Å². The predicted molar refractivity (Wildman–Crippen MR) is 93.6 cm³/mol. The average molecular weight is 365 g/mol. The first-order chi connectivity index (χ1) is 11.9. The van der Waals surface area contributed by atoms with Crippen LogP contribution in [0.3, 0.4) is 0 Å². The van der Waals surface area contributed by atoms with Gasteiger partial charge in [-0.3, -0.25) is 19.7 Å². The number of hydrogen-bond acceptors (Lipinski definition) is 6. The number of nitrogens with zero attached hydrogens (tertiary/aromatic N) is 2. The SMILES string of the molecule is Cc1cc(C(=O)OCC(=O)N(C)CC(=O)NC(C)(C)C)ccc1[N+](=O)[O-]. The van der Waals surface area contributed by atoms with Gasteiger partial charge in [0.05, 0.1) is 17.0 Å². The fraction of sp³-hybridized carbons (Fsp3) is 0.471. The highest BCUT2D eigenvalue weighted by Gasteiger charge is 2.20. The van der Waals surface area contributed by atoms with Crippen LogP contribution in [-0.4, -0.2) is 53.3 Å². The van der Waals surface area contributed by atoms with Crippen molar-refractivity contribution in [2.24, 2.45) is 0 Å². The Hall–Kier alpha value is -2.97. The molecule has 142 valence electrons. The molecule has 1 aromatic carbocycles. The molecule has 9 nitrogen and oxygen atoms in total. The van der Waals surface area contributed by atoms with Crippen LogP contribution in [0.2, 0.25) is 0 Å². The molecule has 0 spiro atoms. The normalized spacial score (nSPS) is 10.8. The zero-order valence-corrected chi connectivity index (χ0v) is 15.5. The molecule has 0 saturated heterocycles.